The van der Waals surface area contributed by atoms with Gasteiger partial charge < -0.3 is 5.32 Å². The number of nitrogens with one attached hydrogen (secondary N) is 1. The highest BCUT2D eigenvalue weighted by Gasteiger charge is 2.57. The van der Waals surface area contributed by atoms with Crippen molar-refractivity contribution < 1.29 is 0 Å². The van der Waals surface area contributed by atoms with Gasteiger partial charge in [0.05, 0.1) is 0 Å². The van der Waals surface area contributed by atoms with Gasteiger partial charge in [-0.3, -0.25) is 0 Å². The number of fused-ring (bicyclic) bond motifs is 3. The maximum absolute atomic E-state index is 3.62. The molecule has 1 N–H and O–H groups in total. The van der Waals surface area contributed by atoms with Crippen LogP contribution in [0.4, 0.5) is 0 Å². The molecule has 1 aliphatic heterocycles. The Labute approximate surface area is 73.2 Å². The van der Waals surface area contributed by atoms with Crippen molar-refractivity contribution in [2.24, 2.45) is 11.3 Å². The monoisotopic (exact) mass is 161 g/mol. The van der Waals surface area contributed by atoms with Gasteiger partial charge in [0.1, 0.15) is 0 Å². The lowest BCUT2D eigenvalue weighted by Crippen LogP contribution is -2.10. The number of allylic oxidation sites excluding steroid dienone is 2. The van der Waals surface area contributed by atoms with Crippen LogP contribution in [-0.4, -0.2) is 12.1 Å². The molecule has 12 heavy (non-hydrogen) atoms. The summed E-state index contributed by atoms with van der Waals surface area (Å²) in [4.78, 5) is 0. The van der Waals surface area contributed by atoms with Crippen molar-refractivity contribution in [2.45, 2.75) is 44.2 Å². The van der Waals surface area contributed by atoms with E-state index in [1.807, 2.05) is 5.57 Å². The molecule has 1 heteroatoms. The second-order valence-electron chi connectivity index (χ2n) is 5.17. The molecule has 0 amide bonds. The van der Waals surface area contributed by atoms with Crippen LogP contribution in [0.2, 0.25) is 0 Å². The minimum Gasteiger partial charge on any atom is -0.308 e. The zero-order valence-corrected chi connectivity index (χ0v) is 7.34. The van der Waals surface area contributed by atoms with Gasteiger partial charge >= 0.3 is 0 Å². The predicted molar refractivity (Wildman–Crippen MR) is 47.8 cm³/mol. The summed E-state index contributed by atoms with van der Waals surface area (Å²) in [6.07, 6.45) is 9.91. The number of rotatable bonds is 0. The molecule has 64 valence electrons. The van der Waals surface area contributed by atoms with E-state index < -0.39 is 0 Å². The normalized spacial score (nSPS) is 51.3. The van der Waals surface area contributed by atoms with Gasteiger partial charge in [-0.05, 0) is 43.4 Å². The first-order chi connectivity index (χ1) is 5.87. The van der Waals surface area contributed by atoms with E-state index in [-0.39, 0.29) is 0 Å². The summed E-state index contributed by atoms with van der Waals surface area (Å²) in [5, 5.41) is 3.62. The van der Waals surface area contributed by atoms with E-state index in [1.165, 1.54) is 32.1 Å². The Bertz CT molecular complexity index is 275. The summed E-state index contributed by atoms with van der Waals surface area (Å²) < 4.78 is 0. The molecule has 3 fully saturated rings. The van der Waals surface area contributed by atoms with E-state index in [0.717, 1.165) is 23.4 Å². The molecule has 3 atom stereocenters. The van der Waals surface area contributed by atoms with Crippen molar-refractivity contribution in [1.82, 2.24) is 5.32 Å². The molecular weight excluding hydrogens is 146 g/mol. The summed E-state index contributed by atoms with van der Waals surface area (Å²) in [6, 6.07) is 1.83. The Morgan fingerprint density at radius 1 is 1.25 bits per heavy atom. The smallest absolute Gasteiger partial charge is 0.0232 e. The van der Waals surface area contributed by atoms with Crippen LogP contribution in [0.3, 0.4) is 0 Å². The molecule has 0 bridgehead atoms. The Balaban J connectivity index is 1.65. The third-order valence-corrected chi connectivity index (χ3v) is 4.34. The van der Waals surface area contributed by atoms with E-state index in [2.05, 4.69) is 11.4 Å². The largest absolute Gasteiger partial charge is 0.308 e. The van der Waals surface area contributed by atoms with Crippen LogP contribution < -0.4 is 5.32 Å². The molecule has 0 aromatic heterocycles. The summed E-state index contributed by atoms with van der Waals surface area (Å²) in [5.74, 6) is 0.954. The molecule has 1 saturated heterocycles. The van der Waals surface area contributed by atoms with Gasteiger partial charge in [0, 0.05) is 12.1 Å². The van der Waals surface area contributed by atoms with E-state index in [0.29, 0.717) is 0 Å². The van der Waals surface area contributed by atoms with Gasteiger partial charge in [-0.1, -0.05) is 11.6 Å². The third-order valence-electron chi connectivity index (χ3n) is 4.34. The van der Waals surface area contributed by atoms with Crippen LogP contribution in [0, 0.1) is 11.3 Å². The molecule has 0 radical (unpaired) electrons. The van der Waals surface area contributed by atoms with Crippen LogP contribution in [0.25, 0.3) is 0 Å². The number of hydrogen-bond donors (Lipinski definition) is 1. The van der Waals surface area contributed by atoms with Crippen molar-refractivity contribution >= 4 is 0 Å². The lowest BCUT2D eigenvalue weighted by molar-refractivity contribution is 0.491. The highest BCUT2D eigenvalue weighted by atomic mass is 15.1. The molecule has 2 saturated carbocycles. The van der Waals surface area contributed by atoms with Gasteiger partial charge in [-0.25, -0.2) is 0 Å². The predicted octanol–water partition coefficient (Wildman–Crippen LogP) is 1.85. The highest BCUT2D eigenvalue weighted by Crippen LogP contribution is 2.65. The molecule has 1 nitrogen and oxygen atoms in total. The fourth-order valence-corrected chi connectivity index (χ4v) is 3.22. The minimum absolute atomic E-state index is 0.748. The fraction of sp³-hybridized carbons (Fsp3) is 0.818. The van der Waals surface area contributed by atoms with Gasteiger partial charge in [-0.15, -0.1) is 0 Å². The Morgan fingerprint density at radius 2 is 2.17 bits per heavy atom. The summed E-state index contributed by atoms with van der Waals surface area (Å²) in [6.45, 7) is 0. The lowest BCUT2D eigenvalue weighted by Gasteiger charge is -2.15. The van der Waals surface area contributed by atoms with Crippen molar-refractivity contribution in [3.8, 4) is 0 Å². The maximum Gasteiger partial charge on any atom is 0.0232 e. The van der Waals surface area contributed by atoms with E-state index >= 15 is 0 Å². The average molecular weight is 161 g/mol. The lowest BCUT2D eigenvalue weighted by atomic mass is 9.89. The Morgan fingerprint density at radius 3 is 3.00 bits per heavy atom. The van der Waals surface area contributed by atoms with Crippen molar-refractivity contribution in [2.75, 3.05) is 0 Å². The quantitative estimate of drug-likeness (QED) is 0.425. The van der Waals surface area contributed by atoms with Crippen molar-refractivity contribution in [1.29, 1.82) is 0 Å². The first-order valence-electron chi connectivity index (χ1n) is 5.36. The number of hydrogen-bond acceptors (Lipinski definition) is 1. The molecular formula is C11H15N. The Kier molecular flexibility index (Phi) is 0.852. The molecule has 4 aliphatic rings. The molecule has 3 unspecified atom stereocenters. The summed E-state index contributed by atoms with van der Waals surface area (Å²) in [7, 11) is 0. The SMILES string of the molecule is C1=C2C1CCC1NC1CC21CC1. The van der Waals surface area contributed by atoms with E-state index in [4.69, 9.17) is 0 Å². The third kappa shape index (κ3) is 0.687. The molecule has 3 aliphatic carbocycles. The van der Waals surface area contributed by atoms with Crippen molar-refractivity contribution in [3.63, 3.8) is 0 Å². The maximum atomic E-state index is 3.62. The van der Waals surface area contributed by atoms with Crippen LogP contribution in [0.5, 0.6) is 0 Å². The van der Waals surface area contributed by atoms with Crippen LogP contribution >= 0.6 is 0 Å². The average Bonchev–Trinajstić information content (AvgIpc) is 2.86. The second-order valence-corrected chi connectivity index (χ2v) is 5.17. The van der Waals surface area contributed by atoms with Crippen molar-refractivity contribution in [3.05, 3.63) is 11.6 Å². The first-order valence-corrected chi connectivity index (χ1v) is 5.36. The van der Waals surface area contributed by atoms with E-state index in [1.54, 1.807) is 0 Å². The molecule has 4 rings (SSSR count). The van der Waals surface area contributed by atoms with Gasteiger partial charge in [0.25, 0.3) is 0 Å². The first kappa shape index (κ1) is 6.20. The summed E-state index contributed by atoms with van der Waals surface area (Å²) >= 11 is 0. The summed E-state index contributed by atoms with van der Waals surface area (Å²) in [5.41, 5.74) is 2.60. The zero-order chi connectivity index (χ0) is 7.76. The minimum atomic E-state index is 0.748. The van der Waals surface area contributed by atoms with Gasteiger partial charge in [-0.2, -0.15) is 0 Å². The van der Waals surface area contributed by atoms with E-state index in [9.17, 15) is 0 Å². The van der Waals surface area contributed by atoms with Crippen LogP contribution in [-0.2, 0) is 0 Å². The van der Waals surface area contributed by atoms with Crippen LogP contribution in [0.1, 0.15) is 32.1 Å². The zero-order valence-electron chi connectivity index (χ0n) is 7.34. The molecule has 1 spiro atoms. The highest BCUT2D eigenvalue weighted by molar-refractivity contribution is 5.41. The molecule has 1 heterocycles. The Hall–Kier alpha value is -0.300. The van der Waals surface area contributed by atoms with Crippen LogP contribution in [0.15, 0.2) is 11.6 Å². The second kappa shape index (κ2) is 1.65. The molecule has 0 aromatic carbocycles. The standard InChI is InChI=1S/C11H15N/c1-2-9-10(12-9)6-11(3-4-11)8-5-7(1)8/h5,7,9-10,12H,1-4,6H2. The van der Waals surface area contributed by atoms with Gasteiger partial charge in [0.15, 0.2) is 0 Å². The topological polar surface area (TPSA) is 21.9 Å². The molecule has 0 aromatic rings. The fourth-order valence-electron chi connectivity index (χ4n) is 3.22. The van der Waals surface area contributed by atoms with Gasteiger partial charge in [0.2, 0.25) is 0 Å².